The Hall–Kier alpha value is -2.44. The SMILES string of the molecule is COCC(c1ccccc1)[SH]1C[C@H](O)[C@H](n2cc(-c3cc(F)c(F)c(F)c3)nn2)[C@@H](O)[C@H]1CO. The Morgan fingerprint density at radius 3 is 2.44 bits per heavy atom. The van der Waals surface area contributed by atoms with Crippen molar-refractivity contribution in [3.05, 3.63) is 71.7 Å². The number of benzene rings is 2. The molecule has 1 aliphatic heterocycles. The molecule has 3 aromatic rings. The van der Waals surface area contributed by atoms with Gasteiger partial charge in [-0.05, 0) is 17.7 Å². The monoisotopic (exact) mass is 497 g/mol. The molecule has 4 rings (SSSR count). The largest absolute Gasteiger partial charge is 0.395 e. The van der Waals surface area contributed by atoms with Gasteiger partial charge in [-0.2, -0.15) is 0 Å². The summed E-state index contributed by atoms with van der Waals surface area (Å²) in [6.45, 7) is 0.0601. The van der Waals surface area contributed by atoms with Crippen molar-refractivity contribution in [3.8, 4) is 11.3 Å². The normalized spacial score (nSPS) is 27.0. The van der Waals surface area contributed by atoms with Crippen molar-refractivity contribution in [2.24, 2.45) is 0 Å². The molecule has 2 aromatic carbocycles. The van der Waals surface area contributed by atoms with Gasteiger partial charge in [-0.3, -0.25) is 0 Å². The quantitative estimate of drug-likeness (QED) is 0.296. The van der Waals surface area contributed by atoms with Crippen molar-refractivity contribution in [1.82, 2.24) is 15.0 Å². The zero-order chi connectivity index (χ0) is 24.4. The van der Waals surface area contributed by atoms with Crippen LogP contribution in [0.3, 0.4) is 0 Å². The zero-order valence-corrected chi connectivity index (χ0v) is 19.2. The summed E-state index contributed by atoms with van der Waals surface area (Å²) in [6.07, 6.45) is -0.864. The highest BCUT2D eigenvalue weighted by Gasteiger charge is 2.45. The number of aromatic nitrogens is 3. The van der Waals surface area contributed by atoms with Crippen LogP contribution in [0.15, 0.2) is 48.7 Å². The van der Waals surface area contributed by atoms with Crippen LogP contribution in [0, 0.1) is 17.5 Å². The summed E-state index contributed by atoms with van der Waals surface area (Å²) in [5.74, 6) is -4.01. The predicted molar refractivity (Wildman–Crippen MR) is 122 cm³/mol. The van der Waals surface area contributed by atoms with Crippen LogP contribution in [0.1, 0.15) is 16.9 Å². The Morgan fingerprint density at radius 1 is 1.15 bits per heavy atom. The van der Waals surface area contributed by atoms with E-state index in [2.05, 4.69) is 10.3 Å². The van der Waals surface area contributed by atoms with E-state index < -0.39 is 51.8 Å². The van der Waals surface area contributed by atoms with Gasteiger partial charge in [0.05, 0.1) is 31.6 Å². The van der Waals surface area contributed by atoms with Gasteiger partial charge in [0.1, 0.15) is 11.7 Å². The Balaban J connectivity index is 1.62. The van der Waals surface area contributed by atoms with Crippen LogP contribution in [0.25, 0.3) is 11.3 Å². The smallest absolute Gasteiger partial charge is 0.194 e. The molecular weight excluding hydrogens is 471 g/mol. The summed E-state index contributed by atoms with van der Waals surface area (Å²) in [5.41, 5.74) is 1.01. The summed E-state index contributed by atoms with van der Waals surface area (Å²) in [6, 6.07) is 10.3. The first-order valence-corrected chi connectivity index (χ1v) is 12.4. The fourth-order valence-corrected chi connectivity index (χ4v) is 7.80. The second kappa shape index (κ2) is 10.4. The van der Waals surface area contributed by atoms with Crippen molar-refractivity contribution < 1.29 is 33.2 Å². The molecule has 34 heavy (non-hydrogen) atoms. The average molecular weight is 498 g/mol. The first kappa shape index (κ1) is 24.7. The number of aliphatic hydroxyl groups excluding tert-OH is 3. The zero-order valence-electron chi connectivity index (χ0n) is 18.3. The number of aliphatic hydroxyl groups is 3. The van der Waals surface area contributed by atoms with Crippen LogP contribution in [0.5, 0.6) is 0 Å². The van der Waals surface area contributed by atoms with E-state index >= 15 is 0 Å². The molecule has 1 aromatic heterocycles. The maximum Gasteiger partial charge on any atom is 0.194 e. The van der Waals surface area contributed by atoms with Gasteiger partial charge in [-0.25, -0.2) is 28.7 Å². The maximum absolute atomic E-state index is 13.6. The molecule has 1 saturated heterocycles. The van der Waals surface area contributed by atoms with E-state index in [0.717, 1.165) is 17.7 Å². The van der Waals surface area contributed by atoms with Crippen LogP contribution in [-0.2, 0) is 4.74 Å². The van der Waals surface area contributed by atoms with Gasteiger partial charge >= 0.3 is 0 Å². The lowest BCUT2D eigenvalue weighted by Crippen LogP contribution is -2.50. The van der Waals surface area contributed by atoms with E-state index in [1.165, 1.54) is 10.9 Å². The van der Waals surface area contributed by atoms with Gasteiger partial charge < -0.3 is 20.1 Å². The van der Waals surface area contributed by atoms with Crippen molar-refractivity contribution in [2.75, 3.05) is 26.1 Å². The highest BCUT2D eigenvalue weighted by atomic mass is 32.2. The van der Waals surface area contributed by atoms with Gasteiger partial charge in [0.25, 0.3) is 0 Å². The lowest BCUT2D eigenvalue weighted by Gasteiger charge is -2.47. The van der Waals surface area contributed by atoms with Crippen LogP contribution in [-0.4, -0.2) is 73.8 Å². The van der Waals surface area contributed by atoms with Crippen molar-refractivity contribution >= 4 is 10.9 Å². The third kappa shape index (κ3) is 4.71. The number of methoxy groups -OCH3 is 1. The third-order valence-corrected chi connectivity index (χ3v) is 9.52. The minimum atomic E-state index is -1.59. The standard InChI is InChI=1S/C23H26F3N3O4S/c1-33-11-20(13-5-3-2-4-6-13)34-12-18(31)22(23(32)19(34)10-30)29-9-17(27-28-29)14-7-15(24)21(26)16(25)8-14/h2-9,18-20,22-23,30-32,34H,10-12H2,1H3/t18-,19+,20?,22-,23-/m0/s1. The molecule has 0 aliphatic carbocycles. The lowest BCUT2D eigenvalue weighted by molar-refractivity contribution is 0.00708. The summed E-state index contributed by atoms with van der Waals surface area (Å²) in [7, 11) is 0.477. The average Bonchev–Trinajstić information content (AvgIpc) is 3.30. The van der Waals surface area contributed by atoms with Gasteiger partial charge in [-0.1, -0.05) is 35.5 Å². The fraction of sp³-hybridized carbons (Fsp3) is 0.391. The van der Waals surface area contributed by atoms with E-state index in [1.54, 1.807) is 7.11 Å². The van der Waals surface area contributed by atoms with E-state index in [1.807, 2.05) is 30.3 Å². The number of hydrogen-bond acceptors (Lipinski definition) is 6. The molecule has 6 atom stereocenters. The lowest BCUT2D eigenvalue weighted by atomic mass is 10.0. The highest BCUT2D eigenvalue weighted by molar-refractivity contribution is 8.17. The van der Waals surface area contributed by atoms with E-state index in [0.29, 0.717) is 12.4 Å². The number of rotatable bonds is 7. The van der Waals surface area contributed by atoms with Gasteiger partial charge in [0.15, 0.2) is 17.5 Å². The number of nitrogens with zero attached hydrogens (tertiary/aromatic N) is 3. The molecule has 3 N–H and O–H groups in total. The predicted octanol–water partition coefficient (Wildman–Crippen LogP) is 2.39. The summed E-state index contributed by atoms with van der Waals surface area (Å²) in [5, 5.41) is 39.6. The first-order valence-electron chi connectivity index (χ1n) is 10.7. The molecule has 0 spiro atoms. The molecule has 184 valence electrons. The van der Waals surface area contributed by atoms with Crippen LogP contribution in [0.2, 0.25) is 0 Å². The Morgan fingerprint density at radius 2 is 1.82 bits per heavy atom. The number of halogens is 3. The summed E-state index contributed by atoms with van der Waals surface area (Å²) in [4.78, 5) is 0. The van der Waals surface area contributed by atoms with Crippen molar-refractivity contribution in [2.45, 2.75) is 28.7 Å². The topological polar surface area (TPSA) is 101 Å². The second-order valence-corrected chi connectivity index (χ2v) is 10.9. The second-order valence-electron chi connectivity index (χ2n) is 8.21. The van der Waals surface area contributed by atoms with Gasteiger partial charge in [0.2, 0.25) is 0 Å². The molecule has 1 aliphatic rings. The molecule has 2 unspecified atom stereocenters. The molecule has 0 amide bonds. The van der Waals surface area contributed by atoms with Crippen LogP contribution >= 0.6 is 10.9 Å². The molecule has 1 fully saturated rings. The molecule has 0 bridgehead atoms. The summed E-state index contributed by atoms with van der Waals surface area (Å²) >= 11 is 0. The maximum atomic E-state index is 13.6. The highest BCUT2D eigenvalue weighted by Crippen LogP contribution is 2.53. The molecule has 11 heteroatoms. The number of ether oxygens (including phenoxy) is 1. The first-order chi connectivity index (χ1) is 16.3. The minimum Gasteiger partial charge on any atom is -0.395 e. The molecule has 7 nitrogen and oxygen atoms in total. The van der Waals surface area contributed by atoms with Crippen molar-refractivity contribution in [3.63, 3.8) is 0 Å². The molecule has 0 radical (unpaired) electrons. The molecular formula is C23H26F3N3O4S. The molecule has 0 saturated carbocycles. The number of hydrogen-bond donors (Lipinski definition) is 4. The molecule has 2 heterocycles. The fourth-order valence-electron chi connectivity index (χ4n) is 4.49. The summed E-state index contributed by atoms with van der Waals surface area (Å²) < 4.78 is 47.2. The third-order valence-electron chi connectivity index (χ3n) is 6.15. The van der Waals surface area contributed by atoms with Gasteiger partial charge in [0, 0.05) is 28.9 Å². The van der Waals surface area contributed by atoms with Crippen LogP contribution in [0.4, 0.5) is 13.2 Å². The Bertz CT molecular complexity index is 1100. The number of thiol groups is 1. The van der Waals surface area contributed by atoms with E-state index in [9.17, 15) is 28.5 Å². The van der Waals surface area contributed by atoms with Crippen LogP contribution < -0.4 is 0 Å². The van der Waals surface area contributed by atoms with Crippen molar-refractivity contribution in [1.29, 1.82) is 0 Å². The minimum absolute atomic E-state index is 0.0346. The van der Waals surface area contributed by atoms with Gasteiger partial charge in [-0.15, -0.1) is 5.10 Å². The Labute approximate surface area is 197 Å². The van der Waals surface area contributed by atoms with E-state index in [-0.39, 0.29) is 23.1 Å². The Kier molecular flexibility index (Phi) is 7.58. The van der Waals surface area contributed by atoms with E-state index in [4.69, 9.17) is 4.74 Å².